The SMILES string of the molecule is CC(C)CC(c1ccc2c(c1)N(C)C(=O)C(C)O2)N1CCNCC1. The fraction of sp³-hybridized carbons (Fsp3) is 0.632. The number of likely N-dealkylation sites (N-methyl/N-ethyl adjacent to an activating group) is 1. The molecule has 0 aliphatic carbocycles. The van der Waals surface area contributed by atoms with E-state index in [0.717, 1.165) is 44.0 Å². The number of hydrogen-bond donors (Lipinski definition) is 1. The van der Waals surface area contributed by atoms with Crippen molar-refractivity contribution in [3.8, 4) is 5.75 Å². The molecule has 3 rings (SSSR count). The zero-order valence-electron chi connectivity index (χ0n) is 15.2. The monoisotopic (exact) mass is 331 g/mol. The number of carbonyl (C=O) groups excluding carboxylic acids is 1. The number of benzene rings is 1. The van der Waals surface area contributed by atoms with Crippen molar-refractivity contribution in [1.29, 1.82) is 0 Å². The van der Waals surface area contributed by atoms with Crippen LogP contribution in [-0.4, -0.2) is 50.1 Å². The van der Waals surface area contributed by atoms with Crippen molar-refractivity contribution in [2.45, 2.75) is 39.3 Å². The first-order valence-electron chi connectivity index (χ1n) is 9.00. The third-order valence-electron chi connectivity index (χ3n) is 5.00. The van der Waals surface area contributed by atoms with Crippen molar-refractivity contribution in [1.82, 2.24) is 10.2 Å². The van der Waals surface area contributed by atoms with Gasteiger partial charge < -0.3 is 15.0 Å². The van der Waals surface area contributed by atoms with E-state index in [2.05, 4.69) is 36.2 Å². The van der Waals surface area contributed by atoms with Gasteiger partial charge in [-0.1, -0.05) is 19.9 Å². The van der Waals surface area contributed by atoms with Gasteiger partial charge in [0.2, 0.25) is 0 Å². The van der Waals surface area contributed by atoms with Gasteiger partial charge in [-0.15, -0.1) is 0 Å². The van der Waals surface area contributed by atoms with Crippen LogP contribution in [-0.2, 0) is 4.79 Å². The minimum atomic E-state index is -0.409. The molecule has 132 valence electrons. The van der Waals surface area contributed by atoms with E-state index in [9.17, 15) is 4.79 Å². The molecule has 2 heterocycles. The Labute approximate surface area is 145 Å². The first-order valence-corrected chi connectivity index (χ1v) is 9.00. The third-order valence-corrected chi connectivity index (χ3v) is 5.00. The standard InChI is InChI=1S/C19H29N3O2/c1-13(2)11-16(22-9-7-20-8-10-22)15-5-6-18-17(12-15)21(4)19(23)14(3)24-18/h5-6,12-14,16,20H,7-11H2,1-4H3. The average molecular weight is 331 g/mol. The summed E-state index contributed by atoms with van der Waals surface area (Å²) in [6.07, 6.45) is 0.709. The molecule has 1 saturated heterocycles. The zero-order valence-corrected chi connectivity index (χ0v) is 15.2. The Balaban J connectivity index is 1.92. The molecule has 1 fully saturated rings. The van der Waals surface area contributed by atoms with Crippen molar-refractivity contribution in [2.24, 2.45) is 5.92 Å². The second kappa shape index (κ2) is 7.11. The lowest BCUT2D eigenvalue weighted by Gasteiger charge is -2.37. The summed E-state index contributed by atoms with van der Waals surface area (Å²) in [6.45, 7) is 10.6. The van der Waals surface area contributed by atoms with E-state index in [-0.39, 0.29) is 5.91 Å². The van der Waals surface area contributed by atoms with Gasteiger partial charge in [-0.2, -0.15) is 0 Å². The molecule has 1 N–H and O–H groups in total. The maximum absolute atomic E-state index is 12.2. The molecule has 1 amide bonds. The van der Waals surface area contributed by atoms with Gasteiger partial charge in [0.1, 0.15) is 5.75 Å². The second-order valence-electron chi connectivity index (χ2n) is 7.32. The molecule has 2 unspecified atom stereocenters. The summed E-state index contributed by atoms with van der Waals surface area (Å²) in [4.78, 5) is 16.5. The summed E-state index contributed by atoms with van der Waals surface area (Å²) in [5, 5.41) is 3.43. The van der Waals surface area contributed by atoms with Gasteiger partial charge in [0.15, 0.2) is 6.10 Å². The first-order chi connectivity index (χ1) is 11.5. The van der Waals surface area contributed by atoms with E-state index in [1.54, 1.807) is 11.8 Å². The van der Waals surface area contributed by atoms with Gasteiger partial charge in [-0.25, -0.2) is 0 Å². The number of amides is 1. The Morgan fingerprint density at radius 2 is 2.00 bits per heavy atom. The predicted molar refractivity (Wildman–Crippen MR) is 96.6 cm³/mol. The molecule has 2 aliphatic heterocycles. The van der Waals surface area contributed by atoms with E-state index in [4.69, 9.17) is 4.74 Å². The molecule has 0 saturated carbocycles. The number of carbonyl (C=O) groups is 1. The average Bonchev–Trinajstić information content (AvgIpc) is 2.58. The molecule has 1 aromatic carbocycles. The topological polar surface area (TPSA) is 44.8 Å². The molecule has 2 atom stereocenters. The van der Waals surface area contributed by atoms with Crippen LogP contribution >= 0.6 is 0 Å². The van der Waals surface area contributed by atoms with E-state index in [0.29, 0.717) is 12.0 Å². The molecule has 5 heteroatoms. The highest BCUT2D eigenvalue weighted by atomic mass is 16.5. The fourth-order valence-corrected chi connectivity index (χ4v) is 3.67. The van der Waals surface area contributed by atoms with Gasteiger partial charge in [-0.3, -0.25) is 9.69 Å². The van der Waals surface area contributed by atoms with Crippen LogP contribution in [0.4, 0.5) is 5.69 Å². The van der Waals surface area contributed by atoms with Crippen LogP contribution in [0.25, 0.3) is 0 Å². The number of piperazine rings is 1. The molecule has 1 aromatic rings. The Morgan fingerprint density at radius 3 is 2.67 bits per heavy atom. The van der Waals surface area contributed by atoms with Crippen molar-refractivity contribution in [2.75, 3.05) is 38.1 Å². The maximum Gasteiger partial charge on any atom is 0.267 e. The molecule has 24 heavy (non-hydrogen) atoms. The van der Waals surface area contributed by atoms with Crippen LogP contribution in [0.15, 0.2) is 18.2 Å². The summed E-state index contributed by atoms with van der Waals surface area (Å²) < 4.78 is 5.76. The number of nitrogens with zero attached hydrogens (tertiary/aromatic N) is 2. The van der Waals surface area contributed by atoms with Crippen molar-refractivity contribution in [3.05, 3.63) is 23.8 Å². The highest BCUT2D eigenvalue weighted by Gasteiger charge is 2.30. The lowest BCUT2D eigenvalue weighted by molar-refractivity contribution is -0.125. The molecule has 5 nitrogen and oxygen atoms in total. The van der Waals surface area contributed by atoms with Crippen LogP contribution in [0.1, 0.15) is 38.8 Å². The minimum Gasteiger partial charge on any atom is -0.479 e. The van der Waals surface area contributed by atoms with E-state index < -0.39 is 6.10 Å². The second-order valence-corrected chi connectivity index (χ2v) is 7.32. The number of ether oxygens (including phenoxy) is 1. The van der Waals surface area contributed by atoms with Gasteiger partial charge >= 0.3 is 0 Å². The number of rotatable bonds is 4. The molecule has 2 aliphatic rings. The first kappa shape index (κ1) is 17.2. The molecular formula is C19H29N3O2. The number of nitrogens with one attached hydrogen (secondary N) is 1. The number of fused-ring (bicyclic) bond motifs is 1. The smallest absolute Gasteiger partial charge is 0.267 e. The summed E-state index contributed by atoms with van der Waals surface area (Å²) in [6, 6.07) is 6.73. The molecule has 0 bridgehead atoms. The van der Waals surface area contributed by atoms with Gasteiger partial charge in [0.05, 0.1) is 5.69 Å². The van der Waals surface area contributed by atoms with Crippen LogP contribution in [0, 0.1) is 5.92 Å². The van der Waals surface area contributed by atoms with E-state index in [1.807, 2.05) is 13.1 Å². The highest BCUT2D eigenvalue weighted by Crippen LogP contribution is 2.38. The van der Waals surface area contributed by atoms with Crippen molar-refractivity contribution >= 4 is 11.6 Å². The predicted octanol–water partition coefficient (Wildman–Crippen LogP) is 2.42. The number of anilines is 1. The Morgan fingerprint density at radius 1 is 1.29 bits per heavy atom. The summed E-state index contributed by atoms with van der Waals surface area (Å²) in [7, 11) is 1.84. The highest BCUT2D eigenvalue weighted by molar-refractivity contribution is 5.99. The normalized spacial score (nSPS) is 23.1. The van der Waals surface area contributed by atoms with Crippen LogP contribution in [0.2, 0.25) is 0 Å². The largest absolute Gasteiger partial charge is 0.479 e. The van der Waals surface area contributed by atoms with Crippen LogP contribution < -0.4 is 15.0 Å². The van der Waals surface area contributed by atoms with Gasteiger partial charge in [0, 0.05) is 39.3 Å². The third kappa shape index (κ3) is 3.42. The quantitative estimate of drug-likeness (QED) is 0.920. The molecular weight excluding hydrogens is 302 g/mol. The van der Waals surface area contributed by atoms with Crippen LogP contribution in [0.5, 0.6) is 5.75 Å². The van der Waals surface area contributed by atoms with E-state index >= 15 is 0 Å². The van der Waals surface area contributed by atoms with Gasteiger partial charge in [-0.05, 0) is 37.0 Å². The number of hydrogen-bond acceptors (Lipinski definition) is 4. The Hall–Kier alpha value is -1.59. The fourth-order valence-electron chi connectivity index (χ4n) is 3.67. The summed E-state index contributed by atoms with van der Waals surface area (Å²) in [5.41, 5.74) is 2.17. The lowest BCUT2D eigenvalue weighted by Crippen LogP contribution is -2.45. The molecule has 0 spiro atoms. The molecule has 0 radical (unpaired) electrons. The van der Waals surface area contributed by atoms with E-state index in [1.165, 1.54) is 5.56 Å². The Bertz CT molecular complexity index is 596. The summed E-state index contributed by atoms with van der Waals surface area (Å²) in [5.74, 6) is 1.44. The lowest BCUT2D eigenvalue weighted by atomic mass is 9.94. The summed E-state index contributed by atoms with van der Waals surface area (Å²) >= 11 is 0. The minimum absolute atomic E-state index is 0.0160. The molecule has 0 aromatic heterocycles. The van der Waals surface area contributed by atoms with Crippen molar-refractivity contribution < 1.29 is 9.53 Å². The maximum atomic E-state index is 12.2. The zero-order chi connectivity index (χ0) is 17.3. The van der Waals surface area contributed by atoms with Crippen LogP contribution in [0.3, 0.4) is 0 Å². The van der Waals surface area contributed by atoms with Crippen molar-refractivity contribution in [3.63, 3.8) is 0 Å². The Kier molecular flexibility index (Phi) is 5.11. The van der Waals surface area contributed by atoms with Gasteiger partial charge in [0.25, 0.3) is 5.91 Å².